The Morgan fingerprint density at radius 3 is 3.08 bits per heavy atom. The summed E-state index contributed by atoms with van der Waals surface area (Å²) in [5.74, 6) is 0. The standard InChI is InChI=1S/C6H4Br2N4/c7-4-1-12-3-9-2-10-6(12)5(8)11-4/h1-3,6H/t6-/m0/s1. The Labute approximate surface area is 86.0 Å². The summed E-state index contributed by atoms with van der Waals surface area (Å²) >= 11 is 6.61. The van der Waals surface area contributed by atoms with Crippen LogP contribution in [-0.2, 0) is 0 Å². The normalized spacial score (nSPS) is 26.5. The molecule has 0 spiro atoms. The number of aliphatic imine (C=N–C) groups is 3. The first kappa shape index (κ1) is 8.12. The zero-order valence-corrected chi connectivity index (χ0v) is 9.03. The molecule has 2 rings (SSSR count). The van der Waals surface area contributed by atoms with E-state index in [4.69, 9.17) is 0 Å². The molecule has 0 unspecified atom stereocenters. The quantitative estimate of drug-likeness (QED) is 0.626. The molecular weight excluding hydrogens is 288 g/mol. The lowest BCUT2D eigenvalue weighted by molar-refractivity contribution is 0.511. The third-order valence-corrected chi connectivity index (χ3v) is 2.41. The molecular formula is C6H4Br2N4. The highest BCUT2D eigenvalue weighted by atomic mass is 79.9. The van der Waals surface area contributed by atoms with E-state index in [1.807, 2.05) is 11.1 Å². The second kappa shape index (κ2) is 3.10. The molecule has 0 aromatic rings. The minimum Gasteiger partial charge on any atom is -0.308 e. The van der Waals surface area contributed by atoms with E-state index in [0.717, 1.165) is 9.23 Å². The minimum absolute atomic E-state index is 0.0798. The van der Waals surface area contributed by atoms with Gasteiger partial charge in [0.05, 0.1) is 6.34 Å². The van der Waals surface area contributed by atoms with E-state index in [1.54, 1.807) is 6.34 Å². The monoisotopic (exact) mass is 290 g/mol. The molecule has 0 amide bonds. The van der Waals surface area contributed by atoms with E-state index in [9.17, 15) is 0 Å². The van der Waals surface area contributed by atoms with Gasteiger partial charge in [-0.1, -0.05) is 0 Å². The predicted molar refractivity (Wildman–Crippen MR) is 56.0 cm³/mol. The van der Waals surface area contributed by atoms with E-state index in [1.165, 1.54) is 6.34 Å². The second-order valence-electron chi connectivity index (χ2n) is 2.24. The molecule has 12 heavy (non-hydrogen) atoms. The fourth-order valence-electron chi connectivity index (χ4n) is 0.949. The predicted octanol–water partition coefficient (Wildman–Crippen LogP) is 1.69. The van der Waals surface area contributed by atoms with E-state index >= 15 is 0 Å². The summed E-state index contributed by atoms with van der Waals surface area (Å²) in [6.45, 7) is 0. The SMILES string of the molecule is BrC1=CN2C=NC=N[C@@H]2C(Br)=N1. The van der Waals surface area contributed by atoms with Gasteiger partial charge >= 0.3 is 0 Å². The van der Waals surface area contributed by atoms with Crippen molar-refractivity contribution in [2.75, 3.05) is 0 Å². The molecule has 6 heteroatoms. The van der Waals surface area contributed by atoms with Gasteiger partial charge in [0, 0.05) is 6.20 Å². The average Bonchev–Trinajstić information content (AvgIpc) is 2.04. The summed E-state index contributed by atoms with van der Waals surface area (Å²) < 4.78 is 1.54. The Balaban J connectivity index is 2.36. The zero-order valence-electron chi connectivity index (χ0n) is 5.85. The van der Waals surface area contributed by atoms with Crippen LogP contribution >= 0.6 is 31.9 Å². The van der Waals surface area contributed by atoms with Crippen molar-refractivity contribution in [1.29, 1.82) is 0 Å². The topological polar surface area (TPSA) is 40.3 Å². The Kier molecular flexibility index (Phi) is 2.10. The highest BCUT2D eigenvalue weighted by molar-refractivity contribution is 9.18. The van der Waals surface area contributed by atoms with Crippen molar-refractivity contribution < 1.29 is 0 Å². The van der Waals surface area contributed by atoms with Crippen LogP contribution in [0, 0.1) is 0 Å². The van der Waals surface area contributed by atoms with Crippen LogP contribution in [0.3, 0.4) is 0 Å². The van der Waals surface area contributed by atoms with Crippen LogP contribution in [0.4, 0.5) is 0 Å². The van der Waals surface area contributed by atoms with Gasteiger partial charge in [0.1, 0.15) is 15.6 Å². The van der Waals surface area contributed by atoms with Crippen molar-refractivity contribution in [2.45, 2.75) is 6.17 Å². The molecule has 2 aliphatic heterocycles. The molecule has 2 heterocycles. The summed E-state index contributed by atoms with van der Waals surface area (Å²) in [7, 11) is 0. The molecule has 0 N–H and O–H groups in total. The lowest BCUT2D eigenvalue weighted by Gasteiger charge is -2.26. The van der Waals surface area contributed by atoms with Gasteiger partial charge in [-0.25, -0.2) is 15.0 Å². The van der Waals surface area contributed by atoms with Crippen molar-refractivity contribution in [2.24, 2.45) is 15.0 Å². The van der Waals surface area contributed by atoms with E-state index in [2.05, 4.69) is 46.8 Å². The van der Waals surface area contributed by atoms with Crippen LogP contribution in [0.25, 0.3) is 0 Å². The molecule has 2 aliphatic rings. The van der Waals surface area contributed by atoms with E-state index in [-0.39, 0.29) is 6.17 Å². The first-order valence-corrected chi connectivity index (χ1v) is 4.80. The molecule has 0 saturated heterocycles. The third-order valence-electron chi connectivity index (χ3n) is 1.44. The summed E-state index contributed by atoms with van der Waals surface area (Å²) in [5, 5.41) is 0. The second-order valence-corrected chi connectivity index (χ2v) is 3.86. The number of nitrogens with zero attached hydrogens (tertiary/aromatic N) is 4. The van der Waals surface area contributed by atoms with Crippen LogP contribution in [0.5, 0.6) is 0 Å². The maximum Gasteiger partial charge on any atom is 0.177 e. The van der Waals surface area contributed by atoms with Gasteiger partial charge in [0.15, 0.2) is 6.17 Å². The number of fused-ring (bicyclic) bond motifs is 1. The zero-order chi connectivity index (χ0) is 8.55. The average molecular weight is 292 g/mol. The van der Waals surface area contributed by atoms with Crippen molar-refractivity contribution in [3.8, 4) is 0 Å². The van der Waals surface area contributed by atoms with Crippen molar-refractivity contribution in [3.05, 3.63) is 10.8 Å². The number of rotatable bonds is 0. The van der Waals surface area contributed by atoms with Gasteiger partial charge in [0.2, 0.25) is 0 Å². The van der Waals surface area contributed by atoms with Gasteiger partial charge in [-0.15, -0.1) is 0 Å². The Hall–Kier alpha value is -0.490. The lowest BCUT2D eigenvalue weighted by atomic mass is 10.4. The lowest BCUT2D eigenvalue weighted by Crippen LogP contribution is -2.36. The fourth-order valence-corrected chi connectivity index (χ4v) is 2.16. The number of halogens is 2. The molecule has 0 saturated carbocycles. The van der Waals surface area contributed by atoms with Crippen LogP contribution in [0.2, 0.25) is 0 Å². The Bertz CT molecular complexity index is 318. The molecule has 0 fully saturated rings. The van der Waals surface area contributed by atoms with Crippen LogP contribution in [0.15, 0.2) is 25.8 Å². The highest BCUT2D eigenvalue weighted by Crippen LogP contribution is 2.21. The van der Waals surface area contributed by atoms with Gasteiger partial charge < -0.3 is 4.90 Å². The summed E-state index contributed by atoms with van der Waals surface area (Å²) in [6.07, 6.45) is 4.97. The molecule has 4 nitrogen and oxygen atoms in total. The minimum atomic E-state index is -0.0798. The van der Waals surface area contributed by atoms with E-state index in [0.29, 0.717) is 0 Å². The summed E-state index contributed by atoms with van der Waals surface area (Å²) in [6, 6.07) is 0. The van der Waals surface area contributed by atoms with Gasteiger partial charge in [-0.3, -0.25) is 0 Å². The number of hydrogen-bond acceptors (Lipinski definition) is 4. The highest BCUT2D eigenvalue weighted by Gasteiger charge is 2.23. The van der Waals surface area contributed by atoms with Crippen molar-refractivity contribution >= 4 is 49.2 Å². The molecule has 0 aliphatic carbocycles. The molecule has 0 aromatic heterocycles. The maximum absolute atomic E-state index is 4.16. The van der Waals surface area contributed by atoms with Crippen LogP contribution < -0.4 is 0 Å². The van der Waals surface area contributed by atoms with Crippen LogP contribution in [-0.4, -0.2) is 28.4 Å². The maximum atomic E-state index is 4.16. The summed E-state index contributed by atoms with van der Waals surface area (Å²) in [4.78, 5) is 14.0. The molecule has 0 radical (unpaired) electrons. The largest absolute Gasteiger partial charge is 0.308 e. The van der Waals surface area contributed by atoms with Crippen molar-refractivity contribution in [1.82, 2.24) is 4.90 Å². The fraction of sp³-hybridized carbons (Fsp3) is 0.167. The smallest absolute Gasteiger partial charge is 0.177 e. The molecule has 62 valence electrons. The molecule has 0 bridgehead atoms. The van der Waals surface area contributed by atoms with Gasteiger partial charge in [-0.05, 0) is 31.9 Å². The Morgan fingerprint density at radius 1 is 1.42 bits per heavy atom. The first-order chi connectivity index (χ1) is 5.77. The molecule has 1 atom stereocenters. The number of hydrogen-bond donors (Lipinski definition) is 0. The third kappa shape index (κ3) is 1.36. The Morgan fingerprint density at radius 2 is 2.25 bits per heavy atom. The van der Waals surface area contributed by atoms with Crippen LogP contribution in [0.1, 0.15) is 0 Å². The summed E-state index contributed by atoms with van der Waals surface area (Å²) in [5.41, 5.74) is 0. The van der Waals surface area contributed by atoms with Gasteiger partial charge in [-0.2, -0.15) is 0 Å². The van der Waals surface area contributed by atoms with E-state index < -0.39 is 0 Å². The van der Waals surface area contributed by atoms with Crippen molar-refractivity contribution in [3.63, 3.8) is 0 Å². The molecule has 0 aromatic carbocycles. The first-order valence-electron chi connectivity index (χ1n) is 3.21. The van der Waals surface area contributed by atoms with Gasteiger partial charge in [0.25, 0.3) is 0 Å².